The number of likely N-dealkylation sites (N-methyl/N-ethyl adjacent to an activating group) is 1. The number of hydrogen-bond donors (Lipinski definition) is 1. The van der Waals surface area contributed by atoms with Crippen LogP contribution in [-0.4, -0.2) is 42.5 Å². The van der Waals surface area contributed by atoms with Crippen molar-refractivity contribution in [3.8, 4) is 0 Å². The van der Waals surface area contributed by atoms with Crippen LogP contribution in [0.15, 0.2) is 24.3 Å². The van der Waals surface area contributed by atoms with Gasteiger partial charge >= 0.3 is 0 Å². The molecule has 1 saturated heterocycles. The number of nitrogens with zero attached hydrogens (tertiary/aromatic N) is 1. The van der Waals surface area contributed by atoms with Crippen LogP contribution in [0.3, 0.4) is 0 Å². The lowest BCUT2D eigenvalue weighted by Gasteiger charge is -2.30. The van der Waals surface area contributed by atoms with Crippen molar-refractivity contribution in [2.75, 3.05) is 13.6 Å². The fourth-order valence-corrected chi connectivity index (χ4v) is 2.99. The normalized spacial score (nSPS) is 24.3. The molecule has 112 valence electrons. The zero-order valence-corrected chi connectivity index (χ0v) is 12.2. The standard InChI is InChI=1S/C16H20N2O3/c1-18(16(20)14-6-7-15(19)17-14)9-13-8-11-4-2-3-5-12(11)10-21-13/h2-5,13-14H,6-10H2,1H3,(H,17,19)/t13-,14+/m1/s1. The second kappa shape index (κ2) is 5.85. The van der Waals surface area contributed by atoms with Crippen LogP contribution in [0.25, 0.3) is 0 Å². The topological polar surface area (TPSA) is 58.6 Å². The second-order valence-corrected chi connectivity index (χ2v) is 5.78. The van der Waals surface area contributed by atoms with Crippen LogP contribution in [0.4, 0.5) is 0 Å². The van der Waals surface area contributed by atoms with Crippen molar-refractivity contribution in [1.82, 2.24) is 10.2 Å². The Hall–Kier alpha value is -1.88. The van der Waals surface area contributed by atoms with Gasteiger partial charge in [0.1, 0.15) is 6.04 Å². The van der Waals surface area contributed by atoms with Crippen molar-refractivity contribution in [2.24, 2.45) is 0 Å². The fourth-order valence-electron chi connectivity index (χ4n) is 2.99. The molecule has 5 nitrogen and oxygen atoms in total. The quantitative estimate of drug-likeness (QED) is 0.897. The third-order valence-corrected chi connectivity index (χ3v) is 4.19. The molecular weight excluding hydrogens is 268 g/mol. The second-order valence-electron chi connectivity index (χ2n) is 5.78. The lowest BCUT2D eigenvalue weighted by atomic mass is 9.99. The number of ether oxygens (including phenoxy) is 1. The molecule has 2 heterocycles. The first kappa shape index (κ1) is 14.1. The molecule has 21 heavy (non-hydrogen) atoms. The predicted molar refractivity (Wildman–Crippen MR) is 77.5 cm³/mol. The molecule has 2 atom stereocenters. The average Bonchev–Trinajstić information content (AvgIpc) is 2.93. The summed E-state index contributed by atoms with van der Waals surface area (Å²) in [6.45, 7) is 1.16. The molecule has 0 aromatic heterocycles. The third-order valence-electron chi connectivity index (χ3n) is 4.19. The Labute approximate surface area is 124 Å². The molecule has 3 rings (SSSR count). The Morgan fingerprint density at radius 1 is 1.38 bits per heavy atom. The van der Waals surface area contributed by atoms with Crippen LogP contribution in [0, 0.1) is 0 Å². The zero-order chi connectivity index (χ0) is 14.8. The van der Waals surface area contributed by atoms with Crippen molar-refractivity contribution in [1.29, 1.82) is 0 Å². The van der Waals surface area contributed by atoms with Gasteiger partial charge in [0.25, 0.3) is 0 Å². The summed E-state index contributed by atoms with van der Waals surface area (Å²) < 4.78 is 5.83. The van der Waals surface area contributed by atoms with Gasteiger partial charge in [-0.25, -0.2) is 0 Å². The van der Waals surface area contributed by atoms with Gasteiger partial charge in [-0.2, -0.15) is 0 Å². The van der Waals surface area contributed by atoms with E-state index >= 15 is 0 Å². The monoisotopic (exact) mass is 288 g/mol. The third kappa shape index (κ3) is 3.08. The minimum atomic E-state index is -0.363. The summed E-state index contributed by atoms with van der Waals surface area (Å²) in [5, 5.41) is 2.72. The lowest BCUT2D eigenvalue weighted by Crippen LogP contribution is -2.46. The number of carbonyl (C=O) groups is 2. The molecular formula is C16H20N2O3. The first-order valence-corrected chi connectivity index (χ1v) is 7.36. The van der Waals surface area contributed by atoms with Crippen molar-refractivity contribution >= 4 is 11.8 Å². The van der Waals surface area contributed by atoms with Crippen LogP contribution < -0.4 is 5.32 Å². The van der Waals surface area contributed by atoms with E-state index in [0.29, 0.717) is 26.0 Å². The van der Waals surface area contributed by atoms with Crippen LogP contribution in [-0.2, 0) is 27.4 Å². The summed E-state index contributed by atoms with van der Waals surface area (Å²) >= 11 is 0. The molecule has 1 aromatic rings. The van der Waals surface area contributed by atoms with E-state index in [1.165, 1.54) is 11.1 Å². The first-order chi connectivity index (χ1) is 10.1. The number of benzene rings is 1. The van der Waals surface area contributed by atoms with E-state index in [9.17, 15) is 9.59 Å². The summed E-state index contributed by atoms with van der Waals surface area (Å²) in [5.41, 5.74) is 2.52. The summed E-state index contributed by atoms with van der Waals surface area (Å²) in [4.78, 5) is 25.1. The molecule has 0 aliphatic carbocycles. The van der Waals surface area contributed by atoms with Gasteiger partial charge in [0, 0.05) is 26.4 Å². The summed E-state index contributed by atoms with van der Waals surface area (Å²) in [6, 6.07) is 7.88. The molecule has 5 heteroatoms. The SMILES string of the molecule is CN(C[C@H]1Cc2ccccc2CO1)C(=O)[C@@H]1CCC(=O)N1. The molecule has 2 aliphatic heterocycles. The Bertz CT molecular complexity index is 558. The van der Waals surface area contributed by atoms with E-state index < -0.39 is 0 Å². The maximum atomic E-state index is 12.3. The van der Waals surface area contributed by atoms with E-state index in [1.807, 2.05) is 12.1 Å². The molecule has 1 fully saturated rings. The largest absolute Gasteiger partial charge is 0.371 e. The maximum Gasteiger partial charge on any atom is 0.244 e. The van der Waals surface area contributed by atoms with Crippen molar-refractivity contribution in [3.05, 3.63) is 35.4 Å². The highest BCUT2D eigenvalue weighted by Gasteiger charge is 2.31. The lowest BCUT2D eigenvalue weighted by molar-refractivity contribution is -0.135. The van der Waals surface area contributed by atoms with Gasteiger partial charge in [-0.3, -0.25) is 9.59 Å². The van der Waals surface area contributed by atoms with Crippen molar-refractivity contribution in [2.45, 2.75) is 38.0 Å². The smallest absolute Gasteiger partial charge is 0.244 e. The van der Waals surface area contributed by atoms with Crippen LogP contribution in [0.2, 0.25) is 0 Å². The summed E-state index contributed by atoms with van der Waals surface area (Å²) in [7, 11) is 1.77. The molecule has 1 aromatic carbocycles. The van der Waals surface area contributed by atoms with E-state index in [2.05, 4.69) is 17.4 Å². The van der Waals surface area contributed by atoms with Crippen LogP contribution in [0.1, 0.15) is 24.0 Å². The van der Waals surface area contributed by atoms with Gasteiger partial charge in [0.15, 0.2) is 0 Å². The number of fused-ring (bicyclic) bond motifs is 1. The average molecular weight is 288 g/mol. The maximum absolute atomic E-state index is 12.3. The van der Waals surface area contributed by atoms with Crippen LogP contribution >= 0.6 is 0 Å². The number of nitrogens with one attached hydrogen (secondary N) is 1. The summed E-state index contributed by atoms with van der Waals surface area (Å²) in [5.74, 6) is -0.0621. The first-order valence-electron chi connectivity index (χ1n) is 7.36. The molecule has 2 amide bonds. The van der Waals surface area contributed by atoms with Gasteiger partial charge in [0.2, 0.25) is 11.8 Å². The highest BCUT2D eigenvalue weighted by Crippen LogP contribution is 2.21. The molecule has 0 bridgehead atoms. The number of rotatable bonds is 3. The van der Waals surface area contributed by atoms with Crippen molar-refractivity contribution < 1.29 is 14.3 Å². The Balaban J connectivity index is 1.57. The molecule has 1 N–H and O–H groups in total. The highest BCUT2D eigenvalue weighted by molar-refractivity contribution is 5.90. The number of carbonyl (C=O) groups excluding carboxylic acids is 2. The van der Waals surface area contributed by atoms with E-state index in [4.69, 9.17) is 4.74 Å². The number of hydrogen-bond acceptors (Lipinski definition) is 3. The minimum Gasteiger partial charge on any atom is -0.371 e. The van der Waals surface area contributed by atoms with Gasteiger partial charge in [0.05, 0.1) is 12.7 Å². The van der Waals surface area contributed by atoms with Gasteiger partial charge in [-0.1, -0.05) is 24.3 Å². The van der Waals surface area contributed by atoms with E-state index in [1.54, 1.807) is 11.9 Å². The van der Waals surface area contributed by atoms with E-state index in [-0.39, 0.29) is 24.0 Å². The predicted octanol–water partition coefficient (Wildman–Crippen LogP) is 0.865. The fraction of sp³-hybridized carbons (Fsp3) is 0.500. The van der Waals surface area contributed by atoms with Gasteiger partial charge in [-0.15, -0.1) is 0 Å². The van der Waals surface area contributed by atoms with Crippen LogP contribution in [0.5, 0.6) is 0 Å². The molecule has 2 aliphatic rings. The van der Waals surface area contributed by atoms with E-state index in [0.717, 1.165) is 6.42 Å². The minimum absolute atomic E-state index is 0.0194. The summed E-state index contributed by atoms with van der Waals surface area (Å²) in [6.07, 6.45) is 1.88. The molecule has 0 radical (unpaired) electrons. The zero-order valence-electron chi connectivity index (χ0n) is 12.2. The molecule has 0 unspecified atom stereocenters. The number of amides is 2. The van der Waals surface area contributed by atoms with Crippen molar-refractivity contribution in [3.63, 3.8) is 0 Å². The van der Waals surface area contributed by atoms with Gasteiger partial charge in [-0.05, 0) is 17.5 Å². The Kier molecular flexibility index (Phi) is 3.92. The highest BCUT2D eigenvalue weighted by atomic mass is 16.5. The Morgan fingerprint density at radius 2 is 2.14 bits per heavy atom. The van der Waals surface area contributed by atoms with Gasteiger partial charge < -0.3 is 15.0 Å². The molecule has 0 saturated carbocycles. The Morgan fingerprint density at radius 3 is 2.86 bits per heavy atom. The molecule has 0 spiro atoms.